The van der Waals surface area contributed by atoms with Gasteiger partial charge < -0.3 is 19.9 Å². The lowest BCUT2D eigenvalue weighted by Crippen LogP contribution is -2.37. The van der Waals surface area contributed by atoms with Crippen molar-refractivity contribution in [1.29, 1.82) is 0 Å². The number of nitrogens with zero attached hydrogens (tertiary/aromatic N) is 1. The Morgan fingerprint density at radius 3 is 2.70 bits per heavy atom. The van der Waals surface area contributed by atoms with Crippen LogP contribution in [0.2, 0.25) is 5.02 Å². The summed E-state index contributed by atoms with van der Waals surface area (Å²) in [5.41, 5.74) is 3.53. The number of hydrazone groups is 1. The quantitative estimate of drug-likeness (QED) is 0.304. The highest BCUT2D eigenvalue weighted by molar-refractivity contribution is 6.32. The van der Waals surface area contributed by atoms with E-state index < -0.39 is 11.8 Å². The predicted molar refractivity (Wildman–Crippen MR) is 114 cm³/mol. The van der Waals surface area contributed by atoms with Gasteiger partial charge in [-0.15, -0.1) is 6.58 Å². The van der Waals surface area contributed by atoms with Crippen LogP contribution in [0.5, 0.6) is 17.2 Å². The third-order valence-corrected chi connectivity index (χ3v) is 4.12. The molecule has 2 rings (SSSR count). The van der Waals surface area contributed by atoms with Crippen LogP contribution in [0.25, 0.3) is 0 Å². The van der Waals surface area contributed by atoms with Gasteiger partial charge in [0.2, 0.25) is 0 Å². The van der Waals surface area contributed by atoms with Crippen molar-refractivity contribution in [3.8, 4) is 17.2 Å². The van der Waals surface area contributed by atoms with Crippen molar-refractivity contribution in [2.45, 2.75) is 6.42 Å². The Morgan fingerprint density at radius 2 is 2.00 bits per heavy atom. The molecule has 0 spiro atoms. The zero-order valence-corrected chi connectivity index (χ0v) is 17.1. The molecule has 2 aromatic carbocycles. The minimum Gasteiger partial charge on any atom is -0.504 e. The van der Waals surface area contributed by atoms with Gasteiger partial charge in [0.15, 0.2) is 18.1 Å². The van der Waals surface area contributed by atoms with Crippen molar-refractivity contribution in [3.63, 3.8) is 0 Å². The lowest BCUT2D eigenvalue weighted by molar-refractivity contribution is -0.127. The summed E-state index contributed by atoms with van der Waals surface area (Å²) in [6.45, 7) is 3.09. The van der Waals surface area contributed by atoms with Crippen LogP contribution >= 0.6 is 11.6 Å². The maximum Gasteiger partial charge on any atom is 0.259 e. The van der Waals surface area contributed by atoms with Crippen LogP contribution in [-0.2, 0) is 16.0 Å². The van der Waals surface area contributed by atoms with Gasteiger partial charge >= 0.3 is 0 Å². The summed E-state index contributed by atoms with van der Waals surface area (Å²) in [5, 5.41) is 16.7. The van der Waals surface area contributed by atoms with Crippen LogP contribution in [0, 0.1) is 0 Å². The average Bonchev–Trinajstić information content (AvgIpc) is 2.74. The molecule has 0 atom stereocenters. The third kappa shape index (κ3) is 6.82. The van der Waals surface area contributed by atoms with Gasteiger partial charge in [0.1, 0.15) is 5.75 Å². The number of amides is 2. The van der Waals surface area contributed by atoms with E-state index in [-0.39, 0.29) is 24.7 Å². The van der Waals surface area contributed by atoms with Gasteiger partial charge in [-0.2, -0.15) is 5.10 Å². The van der Waals surface area contributed by atoms with E-state index in [9.17, 15) is 14.7 Å². The number of phenolic OH excluding ortho intramolecular Hbond substituents is 1. The van der Waals surface area contributed by atoms with Crippen molar-refractivity contribution in [2.75, 3.05) is 20.3 Å². The average molecular weight is 432 g/mol. The van der Waals surface area contributed by atoms with E-state index in [2.05, 4.69) is 22.4 Å². The SMILES string of the molecule is C=CCc1cc(C=NNC(=O)CNC(=O)COc2ccccc2Cl)cc(OC)c1O. The number of rotatable bonds is 10. The molecule has 2 amide bonds. The molecule has 0 aliphatic carbocycles. The zero-order valence-electron chi connectivity index (χ0n) is 16.4. The Morgan fingerprint density at radius 1 is 1.23 bits per heavy atom. The van der Waals surface area contributed by atoms with Gasteiger partial charge in [-0.1, -0.05) is 29.8 Å². The number of halogens is 1. The van der Waals surface area contributed by atoms with Gasteiger partial charge in [-0.25, -0.2) is 5.43 Å². The fourth-order valence-electron chi connectivity index (χ4n) is 2.38. The Bertz CT molecular complexity index is 946. The van der Waals surface area contributed by atoms with Crippen molar-refractivity contribution in [3.05, 3.63) is 65.2 Å². The van der Waals surface area contributed by atoms with Crippen molar-refractivity contribution >= 4 is 29.6 Å². The molecule has 0 radical (unpaired) electrons. The number of hydrogen-bond donors (Lipinski definition) is 3. The van der Waals surface area contributed by atoms with E-state index in [4.69, 9.17) is 21.1 Å². The number of para-hydroxylation sites is 1. The highest BCUT2D eigenvalue weighted by Crippen LogP contribution is 2.31. The molecule has 0 heterocycles. The molecule has 0 bridgehead atoms. The molecule has 158 valence electrons. The molecular formula is C21H22ClN3O5. The molecule has 0 aliphatic rings. The Hall–Kier alpha value is -3.52. The van der Waals surface area contributed by atoms with E-state index >= 15 is 0 Å². The smallest absolute Gasteiger partial charge is 0.259 e. The molecule has 0 saturated heterocycles. The first kappa shape index (κ1) is 22.8. The Balaban J connectivity index is 1.82. The first-order chi connectivity index (χ1) is 14.4. The summed E-state index contributed by atoms with van der Waals surface area (Å²) < 4.78 is 10.4. The summed E-state index contributed by atoms with van der Waals surface area (Å²) in [5.74, 6) is -0.308. The van der Waals surface area contributed by atoms with Gasteiger partial charge in [-0.3, -0.25) is 9.59 Å². The van der Waals surface area contributed by atoms with E-state index in [0.29, 0.717) is 28.3 Å². The first-order valence-corrected chi connectivity index (χ1v) is 9.29. The number of carbonyl (C=O) groups is 2. The van der Waals surface area contributed by atoms with Crippen molar-refractivity contribution in [1.82, 2.24) is 10.7 Å². The molecule has 2 aromatic rings. The topological polar surface area (TPSA) is 109 Å². The number of benzene rings is 2. The Labute approximate surface area is 179 Å². The lowest BCUT2D eigenvalue weighted by Gasteiger charge is -2.09. The summed E-state index contributed by atoms with van der Waals surface area (Å²) in [6.07, 6.45) is 3.49. The van der Waals surface area contributed by atoms with Gasteiger partial charge in [0.05, 0.1) is 24.9 Å². The summed E-state index contributed by atoms with van der Waals surface area (Å²) in [7, 11) is 1.44. The second-order valence-electron chi connectivity index (χ2n) is 6.01. The number of aromatic hydroxyl groups is 1. The monoisotopic (exact) mass is 431 g/mol. The summed E-state index contributed by atoms with van der Waals surface area (Å²) >= 11 is 5.93. The van der Waals surface area contributed by atoms with Crippen LogP contribution in [0.1, 0.15) is 11.1 Å². The van der Waals surface area contributed by atoms with E-state index in [1.807, 2.05) is 0 Å². The molecule has 0 fully saturated rings. The van der Waals surface area contributed by atoms with Gasteiger partial charge in [0.25, 0.3) is 11.8 Å². The molecule has 0 saturated carbocycles. The van der Waals surface area contributed by atoms with Gasteiger partial charge in [-0.05, 0) is 36.2 Å². The second-order valence-corrected chi connectivity index (χ2v) is 6.42. The van der Waals surface area contributed by atoms with Crippen LogP contribution < -0.4 is 20.2 Å². The molecule has 3 N–H and O–H groups in total. The number of carbonyl (C=O) groups excluding carboxylic acids is 2. The molecule has 8 nitrogen and oxygen atoms in total. The highest BCUT2D eigenvalue weighted by atomic mass is 35.5. The van der Waals surface area contributed by atoms with Crippen molar-refractivity contribution < 1.29 is 24.2 Å². The lowest BCUT2D eigenvalue weighted by atomic mass is 10.1. The zero-order chi connectivity index (χ0) is 21.9. The number of phenols is 1. The number of ether oxygens (including phenoxy) is 2. The largest absolute Gasteiger partial charge is 0.504 e. The van der Waals surface area contributed by atoms with E-state index in [0.717, 1.165) is 0 Å². The van der Waals surface area contributed by atoms with Gasteiger partial charge in [0, 0.05) is 5.56 Å². The highest BCUT2D eigenvalue weighted by Gasteiger charge is 2.10. The second kappa shape index (κ2) is 11.5. The normalized spacial score (nSPS) is 10.5. The maximum absolute atomic E-state index is 11.8. The minimum atomic E-state index is -0.519. The number of hydrogen-bond acceptors (Lipinski definition) is 6. The van der Waals surface area contributed by atoms with E-state index in [1.165, 1.54) is 13.3 Å². The summed E-state index contributed by atoms with van der Waals surface area (Å²) in [4.78, 5) is 23.6. The fraction of sp³-hybridized carbons (Fsp3) is 0.190. The molecule has 0 aromatic heterocycles. The van der Waals surface area contributed by atoms with Crippen LogP contribution in [0.3, 0.4) is 0 Å². The van der Waals surface area contributed by atoms with Crippen LogP contribution in [0.4, 0.5) is 0 Å². The predicted octanol–water partition coefficient (Wildman–Crippen LogP) is 2.43. The molecule has 9 heteroatoms. The standard InChI is InChI=1S/C21H22ClN3O5/c1-3-6-15-9-14(10-18(29-2)21(15)28)11-24-25-19(26)12-23-20(27)13-30-17-8-5-4-7-16(17)22/h3-5,7-11,28H,1,6,12-13H2,2H3,(H,23,27)(H,25,26). The van der Waals surface area contributed by atoms with Crippen LogP contribution in [0.15, 0.2) is 54.2 Å². The minimum absolute atomic E-state index is 0.0281. The van der Waals surface area contributed by atoms with Crippen LogP contribution in [-0.4, -0.2) is 43.4 Å². The fourth-order valence-corrected chi connectivity index (χ4v) is 2.57. The Kier molecular flexibility index (Phi) is 8.71. The molecule has 0 aliphatic heterocycles. The summed E-state index contributed by atoms with van der Waals surface area (Å²) in [6, 6.07) is 10.0. The van der Waals surface area contributed by atoms with E-state index in [1.54, 1.807) is 42.5 Å². The molecular weight excluding hydrogens is 410 g/mol. The number of allylic oxidation sites excluding steroid dienone is 1. The molecule has 30 heavy (non-hydrogen) atoms. The maximum atomic E-state index is 11.8. The number of nitrogens with one attached hydrogen (secondary N) is 2. The van der Waals surface area contributed by atoms with Crippen molar-refractivity contribution in [2.24, 2.45) is 5.10 Å². The molecule has 0 unspecified atom stereocenters. The third-order valence-electron chi connectivity index (χ3n) is 3.80. The first-order valence-electron chi connectivity index (χ1n) is 8.91. The number of methoxy groups -OCH3 is 1.